The van der Waals surface area contributed by atoms with E-state index in [1.807, 2.05) is 24.1 Å². The van der Waals surface area contributed by atoms with Gasteiger partial charge < -0.3 is 15.5 Å². The van der Waals surface area contributed by atoms with Crippen LogP contribution in [0.15, 0.2) is 24.3 Å². The first-order valence-corrected chi connectivity index (χ1v) is 10.4. The second-order valence-electron chi connectivity index (χ2n) is 8.24. The first kappa shape index (κ1) is 20.2. The van der Waals surface area contributed by atoms with E-state index in [1.54, 1.807) is 4.68 Å². The zero-order chi connectivity index (χ0) is 21.3. The van der Waals surface area contributed by atoms with Crippen LogP contribution >= 0.6 is 0 Å². The molecule has 9 nitrogen and oxygen atoms in total. The van der Waals surface area contributed by atoms with Crippen LogP contribution in [0, 0.1) is 17.2 Å². The Bertz CT molecular complexity index is 939. The largest absolute Gasteiger partial charge is 0.369 e. The second kappa shape index (κ2) is 8.32. The van der Waals surface area contributed by atoms with Gasteiger partial charge in [-0.3, -0.25) is 9.69 Å². The third-order valence-electron chi connectivity index (χ3n) is 5.99. The lowest BCUT2D eigenvalue weighted by atomic mass is 10.1. The van der Waals surface area contributed by atoms with E-state index in [-0.39, 0.29) is 11.9 Å². The van der Waals surface area contributed by atoms with Crippen molar-refractivity contribution in [2.45, 2.75) is 19.4 Å². The number of piperazine rings is 1. The average molecular weight is 409 g/mol. The second-order valence-corrected chi connectivity index (χ2v) is 8.24. The molecule has 0 bridgehead atoms. The minimum atomic E-state index is -0.335. The lowest BCUT2D eigenvalue weighted by Gasteiger charge is -2.34. The Hall–Kier alpha value is -3.12. The molecule has 0 aliphatic carbocycles. The van der Waals surface area contributed by atoms with Crippen LogP contribution in [0.2, 0.25) is 0 Å². The van der Waals surface area contributed by atoms with Gasteiger partial charge in [-0.25, -0.2) is 4.68 Å². The number of rotatable bonds is 5. The molecular formula is C21H28N8O. The number of hydrogen-bond donors (Lipinski definition) is 1. The molecule has 2 fully saturated rings. The zero-order valence-electron chi connectivity index (χ0n) is 17.5. The molecule has 2 aliphatic rings. The van der Waals surface area contributed by atoms with Crippen molar-refractivity contribution in [2.24, 2.45) is 18.7 Å². The third kappa shape index (κ3) is 3.96. The van der Waals surface area contributed by atoms with Gasteiger partial charge in [-0.1, -0.05) is 6.92 Å². The van der Waals surface area contributed by atoms with Crippen LogP contribution in [0.4, 0.5) is 11.6 Å². The summed E-state index contributed by atoms with van der Waals surface area (Å²) >= 11 is 0. The Morgan fingerprint density at radius 2 is 1.93 bits per heavy atom. The minimum absolute atomic E-state index is 0.317. The fourth-order valence-electron chi connectivity index (χ4n) is 4.37. The topological polar surface area (TPSA) is 107 Å². The van der Waals surface area contributed by atoms with E-state index in [1.165, 1.54) is 0 Å². The Labute approximate surface area is 176 Å². The van der Waals surface area contributed by atoms with Crippen LogP contribution in [0.1, 0.15) is 13.3 Å². The van der Waals surface area contributed by atoms with Gasteiger partial charge in [-0.2, -0.15) is 10.2 Å². The molecule has 2 saturated heterocycles. The Balaban J connectivity index is 1.49. The molecule has 2 aliphatic heterocycles. The summed E-state index contributed by atoms with van der Waals surface area (Å²) in [6, 6.07) is 10.1. The Morgan fingerprint density at radius 3 is 2.57 bits per heavy atom. The molecule has 1 amide bonds. The quantitative estimate of drug-likeness (QED) is 0.730. The number of hydrogen-bond acceptors (Lipinski definition) is 7. The molecule has 0 unspecified atom stereocenters. The number of nitrogens with two attached hydrogens (primary N) is 1. The number of nitrogens with zero attached hydrogens (tertiary/aromatic N) is 7. The van der Waals surface area contributed by atoms with Crippen molar-refractivity contribution in [1.82, 2.24) is 19.7 Å². The van der Waals surface area contributed by atoms with E-state index >= 15 is 0 Å². The summed E-state index contributed by atoms with van der Waals surface area (Å²) in [7, 11) is 1.85. The van der Waals surface area contributed by atoms with Crippen molar-refractivity contribution in [3.8, 4) is 17.5 Å². The smallest absolute Gasteiger partial charge is 0.240 e. The Morgan fingerprint density at radius 1 is 1.23 bits per heavy atom. The lowest BCUT2D eigenvalue weighted by molar-refractivity contribution is -0.119. The summed E-state index contributed by atoms with van der Waals surface area (Å²) in [5.41, 5.74) is 7.70. The van der Waals surface area contributed by atoms with Gasteiger partial charge >= 0.3 is 0 Å². The first-order chi connectivity index (χ1) is 14.5. The number of aromatic nitrogens is 3. The molecule has 158 valence electrons. The lowest BCUT2D eigenvalue weighted by Crippen LogP contribution is -2.46. The molecule has 1 aromatic heterocycles. The molecule has 2 N–H and O–H groups in total. The summed E-state index contributed by atoms with van der Waals surface area (Å²) < 4.78 is 1.73. The number of amides is 1. The molecule has 3 heterocycles. The maximum absolute atomic E-state index is 11.9. The highest BCUT2D eigenvalue weighted by atomic mass is 16.1. The maximum atomic E-state index is 11.9. The van der Waals surface area contributed by atoms with E-state index in [0.29, 0.717) is 24.2 Å². The van der Waals surface area contributed by atoms with Gasteiger partial charge in [-0.05, 0) is 36.6 Å². The van der Waals surface area contributed by atoms with Crippen molar-refractivity contribution < 1.29 is 4.79 Å². The number of carbonyl (C=O) groups excluding carboxylic acids is 1. The van der Waals surface area contributed by atoms with Crippen LogP contribution in [0.25, 0.3) is 11.4 Å². The number of primary amides is 1. The molecule has 2 atom stereocenters. The van der Waals surface area contributed by atoms with Crippen molar-refractivity contribution in [3.05, 3.63) is 24.3 Å². The fraction of sp³-hybridized carbons (Fsp3) is 0.524. The van der Waals surface area contributed by atoms with Crippen molar-refractivity contribution in [1.29, 1.82) is 5.26 Å². The van der Waals surface area contributed by atoms with E-state index in [2.05, 4.69) is 40.0 Å². The monoisotopic (exact) mass is 408 g/mol. The maximum Gasteiger partial charge on any atom is 0.240 e. The van der Waals surface area contributed by atoms with Crippen molar-refractivity contribution in [3.63, 3.8) is 0 Å². The standard InChI is InChI=1S/C21H28N8O/c1-15-13-18(19(23)30)29(14-15)21-24-20(25-26(21)2)16-3-5-17(6-4-16)28-11-9-27(8-7-22)10-12-28/h3-6,15,18H,8-14H2,1-2H3,(H2,23,30)/t15-,18-/m0/s1. The van der Waals surface area contributed by atoms with Gasteiger partial charge in [0.25, 0.3) is 0 Å². The molecule has 2 aromatic rings. The summed E-state index contributed by atoms with van der Waals surface area (Å²) in [5, 5.41) is 13.4. The van der Waals surface area contributed by atoms with Crippen LogP contribution < -0.4 is 15.5 Å². The van der Waals surface area contributed by atoms with E-state index in [4.69, 9.17) is 16.0 Å². The SMILES string of the molecule is C[C@H]1C[C@@H](C(N)=O)N(c2nc(-c3ccc(N4CCN(CC#N)CC4)cc3)nn2C)C1. The summed E-state index contributed by atoms with van der Waals surface area (Å²) in [6.07, 6.45) is 0.744. The molecule has 0 spiro atoms. The van der Waals surface area contributed by atoms with Gasteiger partial charge in [-0.15, -0.1) is 5.10 Å². The number of nitriles is 1. The van der Waals surface area contributed by atoms with Crippen molar-refractivity contribution >= 4 is 17.5 Å². The fourth-order valence-corrected chi connectivity index (χ4v) is 4.37. The summed E-state index contributed by atoms with van der Waals surface area (Å²) in [4.78, 5) is 23.1. The zero-order valence-corrected chi connectivity index (χ0v) is 17.5. The molecule has 0 radical (unpaired) electrons. The highest BCUT2D eigenvalue weighted by Crippen LogP contribution is 2.29. The molecular weight excluding hydrogens is 380 g/mol. The van der Waals surface area contributed by atoms with E-state index < -0.39 is 0 Å². The number of aryl methyl sites for hydroxylation is 1. The normalized spacial score (nSPS) is 22.3. The number of carbonyl (C=O) groups is 1. The minimum Gasteiger partial charge on any atom is -0.369 e. The van der Waals surface area contributed by atoms with E-state index in [0.717, 1.165) is 50.4 Å². The highest BCUT2D eigenvalue weighted by Gasteiger charge is 2.36. The predicted molar refractivity (Wildman–Crippen MR) is 115 cm³/mol. The van der Waals surface area contributed by atoms with Crippen LogP contribution in [0.5, 0.6) is 0 Å². The molecule has 1 aromatic carbocycles. The third-order valence-corrected chi connectivity index (χ3v) is 5.99. The molecule has 9 heteroatoms. The van der Waals surface area contributed by atoms with E-state index in [9.17, 15) is 4.79 Å². The van der Waals surface area contributed by atoms with Gasteiger partial charge in [0.05, 0.1) is 12.6 Å². The van der Waals surface area contributed by atoms with Gasteiger partial charge in [0.15, 0.2) is 5.82 Å². The predicted octanol–water partition coefficient (Wildman–Crippen LogP) is 0.828. The van der Waals surface area contributed by atoms with Gasteiger partial charge in [0.2, 0.25) is 11.9 Å². The van der Waals surface area contributed by atoms with Crippen LogP contribution in [0.3, 0.4) is 0 Å². The van der Waals surface area contributed by atoms with Crippen molar-refractivity contribution in [2.75, 3.05) is 49.1 Å². The Kier molecular flexibility index (Phi) is 5.59. The molecule has 0 saturated carbocycles. The number of benzene rings is 1. The average Bonchev–Trinajstić information content (AvgIpc) is 3.31. The van der Waals surface area contributed by atoms with Gasteiger partial charge in [0.1, 0.15) is 6.04 Å². The summed E-state index contributed by atoms with van der Waals surface area (Å²) in [6.45, 7) is 6.98. The van der Waals surface area contributed by atoms with Crippen LogP contribution in [-0.2, 0) is 11.8 Å². The van der Waals surface area contributed by atoms with Gasteiger partial charge in [0, 0.05) is 51.0 Å². The number of anilines is 2. The molecule has 4 rings (SSSR count). The molecule has 30 heavy (non-hydrogen) atoms. The summed E-state index contributed by atoms with van der Waals surface area (Å²) in [5.74, 6) is 1.38. The van der Waals surface area contributed by atoms with Crippen LogP contribution in [-0.4, -0.2) is 70.9 Å². The first-order valence-electron chi connectivity index (χ1n) is 10.4. The highest BCUT2D eigenvalue weighted by molar-refractivity contribution is 5.83.